The molecule has 1 saturated carbocycles. The number of alkyl halides is 1. The van der Waals surface area contributed by atoms with E-state index >= 15 is 0 Å². The van der Waals surface area contributed by atoms with Gasteiger partial charge in [-0.2, -0.15) is 0 Å². The van der Waals surface area contributed by atoms with Crippen molar-refractivity contribution in [3.05, 3.63) is 34.9 Å². The fourth-order valence-corrected chi connectivity index (χ4v) is 3.43. The van der Waals surface area contributed by atoms with Gasteiger partial charge in [-0.15, -0.1) is 0 Å². The quantitative estimate of drug-likeness (QED) is 0.724. The Hall–Kier alpha value is -0.0500. The van der Waals surface area contributed by atoms with Crippen LogP contribution in [-0.4, -0.2) is 10.9 Å². The van der Waals surface area contributed by atoms with Crippen LogP contribution in [0.4, 0.5) is 0 Å². The molecule has 0 radical (unpaired) electrons. The van der Waals surface area contributed by atoms with Crippen LogP contribution in [0.2, 0.25) is 5.02 Å². The van der Waals surface area contributed by atoms with Crippen molar-refractivity contribution in [2.24, 2.45) is 5.41 Å². The number of halogens is 2. The number of ether oxygens (including phenoxy) is 1. The van der Waals surface area contributed by atoms with Gasteiger partial charge in [0.1, 0.15) is 0 Å². The van der Waals surface area contributed by atoms with Crippen LogP contribution >= 0.6 is 27.5 Å². The molecule has 0 aromatic heterocycles. The monoisotopic (exact) mass is 316 g/mol. The molecule has 1 aromatic rings. The molecule has 0 bridgehead atoms. The third kappa shape index (κ3) is 2.54. The lowest BCUT2D eigenvalue weighted by atomic mass is 9.66. The Labute approximate surface area is 117 Å². The van der Waals surface area contributed by atoms with Gasteiger partial charge in [0.2, 0.25) is 0 Å². The van der Waals surface area contributed by atoms with Crippen molar-refractivity contribution >= 4 is 27.5 Å². The zero-order chi connectivity index (χ0) is 12.5. The fourth-order valence-electron chi connectivity index (χ4n) is 2.28. The number of hydrogen-bond acceptors (Lipinski definition) is 1. The summed E-state index contributed by atoms with van der Waals surface area (Å²) in [5, 5.41) is 0.792. The summed E-state index contributed by atoms with van der Waals surface area (Å²) in [4.78, 5) is 0.580. The summed E-state index contributed by atoms with van der Waals surface area (Å²) in [5.74, 6) is 0. The van der Waals surface area contributed by atoms with E-state index in [0.717, 1.165) is 23.4 Å². The van der Waals surface area contributed by atoms with E-state index < -0.39 is 0 Å². The zero-order valence-electron chi connectivity index (χ0n) is 10.2. The van der Waals surface area contributed by atoms with Crippen molar-refractivity contribution < 1.29 is 4.74 Å². The summed E-state index contributed by atoms with van der Waals surface area (Å²) in [5.41, 5.74) is 1.34. The van der Waals surface area contributed by atoms with Crippen LogP contribution in [0.25, 0.3) is 0 Å². The minimum atomic E-state index is 0.265. The Morgan fingerprint density at radius 2 is 2.18 bits per heavy atom. The maximum atomic E-state index is 6.11. The summed E-state index contributed by atoms with van der Waals surface area (Å²) >= 11 is 9.83. The highest BCUT2D eigenvalue weighted by Gasteiger charge is 2.49. The highest BCUT2D eigenvalue weighted by atomic mass is 79.9. The summed E-state index contributed by atoms with van der Waals surface area (Å²) in [6.07, 6.45) is 2.57. The number of benzene rings is 1. The highest BCUT2D eigenvalue weighted by molar-refractivity contribution is 9.09. The fraction of sp³-hybridized carbons (Fsp3) is 0.571. The molecule has 1 aliphatic carbocycles. The SMILES string of the molecule is CCC1(C)C(Br)CC1OCc1ccccc1Cl. The maximum absolute atomic E-state index is 6.11. The Kier molecular flexibility index (Phi) is 4.17. The highest BCUT2D eigenvalue weighted by Crippen LogP contribution is 2.50. The van der Waals surface area contributed by atoms with Crippen molar-refractivity contribution in [2.45, 2.75) is 44.2 Å². The van der Waals surface area contributed by atoms with Crippen LogP contribution in [0, 0.1) is 5.41 Å². The normalized spacial score (nSPS) is 32.2. The minimum absolute atomic E-state index is 0.265. The molecule has 0 spiro atoms. The number of hydrogen-bond donors (Lipinski definition) is 0. The Bertz CT molecular complexity index is 396. The predicted molar refractivity (Wildman–Crippen MR) is 75.8 cm³/mol. The predicted octanol–water partition coefficient (Wildman–Crippen LogP) is 4.81. The maximum Gasteiger partial charge on any atom is 0.0735 e. The second-order valence-corrected chi connectivity index (χ2v) is 6.47. The first-order valence-corrected chi connectivity index (χ1v) is 7.36. The molecular formula is C14H18BrClO. The van der Waals surface area contributed by atoms with E-state index in [-0.39, 0.29) is 5.41 Å². The summed E-state index contributed by atoms with van der Waals surface area (Å²) < 4.78 is 6.01. The summed E-state index contributed by atoms with van der Waals surface area (Å²) in [6.45, 7) is 5.12. The standard InChI is InChI=1S/C14H18BrClO/c1-3-14(2)12(15)8-13(14)17-9-10-6-4-5-7-11(10)16/h4-7,12-13H,3,8-9H2,1-2H3. The van der Waals surface area contributed by atoms with Crippen LogP contribution in [-0.2, 0) is 11.3 Å². The molecule has 1 nitrogen and oxygen atoms in total. The van der Waals surface area contributed by atoms with E-state index in [9.17, 15) is 0 Å². The first kappa shape index (κ1) is 13.4. The van der Waals surface area contributed by atoms with E-state index in [1.807, 2.05) is 24.3 Å². The molecule has 0 amide bonds. The van der Waals surface area contributed by atoms with E-state index in [2.05, 4.69) is 29.8 Å². The van der Waals surface area contributed by atoms with Crippen molar-refractivity contribution in [2.75, 3.05) is 0 Å². The lowest BCUT2D eigenvalue weighted by Gasteiger charge is -2.51. The van der Waals surface area contributed by atoms with Crippen LogP contribution in [0.1, 0.15) is 32.3 Å². The molecule has 0 N–H and O–H groups in total. The van der Waals surface area contributed by atoms with E-state index in [0.29, 0.717) is 17.5 Å². The first-order chi connectivity index (χ1) is 8.08. The van der Waals surface area contributed by atoms with E-state index in [1.54, 1.807) is 0 Å². The lowest BCUT2D eigenvalue weighted by Crippen LogP contribution is -2.53. The van der Waals surface area contributed by atoms with Crippen molar-refractivity contribution in [3.8, 4) is 0 Å². The van der Waals surface area contributed by atoms with Gasteiger partial charge < -0.3 is 4.74 Å². The molecule has 94 valence electrons. The van der Waals surface area contributed by atoms with Gasteiger partial charge in [-0.05, 0) is 24.5 Å². The van der Waals surface area contributed by atoms with E-state index in [4.69, 9.17) is 16.3 Å². The van der Waals surface area contributed by atoms with Crippen molar-refractivity contribution in [1.29, 1.82) is 0 Å². The average Bonchev–Trinajstić information content (AvgIpc) is 2.35. The molecular weight excluding hydrogens is 300 g/mol. The third-order valence-corrected chi connectivity index (χ3v) is 5.82. The Morgan fingerprint density at radius 3 is 2.76 bits per heavy atom. The molecule has 1 aromatic carbocycles. The minimum Gasteiger partial charge on any atom is -0.373 e. The molecule has 0 saturated heterocycles. The van der Waals surface area contributed by atoms with Gasteiger partial charge in [0.05, 0.1) is 12.7 Å². The molecule has 0 aliphatic heterocycles. The number of rotatable bonds is 4. The molecule has 3 atom stereocenters. The van der Waals surface area contributed by atoms with E-state index in [1.165, 1.54) is 0 Å². The Morgan fingerprint density at radius 1 is 1.47 bits per heavy atom. The molecule has 1 aliphatic rings. The topological polar surface area (TPSA) is 9.23 Å². The molecule has 0 heterocycles. The average molecular weight is 318 g/mol. The van der Waals surface area contributed by atoms with Gasteiger partial charge >= 0.3 is 0 Å². The van der Waals surface area contributed by atoms with Gasteiger partial charge in [0, 0.05) is 15.3 Å². The molecule has 1 fully saturated rings. The second-order valence-electron chi connectivity index (χ2n) is 4.95. The van der Waals surface area contributed by atoms with Gasteiger partial charge in [-0.3, -0.25) is 0 Å². The van der Waals surface area contributed by atoms with Crippen LogP contribution < -0.4 is 0 Å². The van der Waals surface area contributed by atoms with Gasteiger partial charge in [-0.1, -0.05) is 59.6 Å². The van der Waals surface area contributed by atoms with Crippen molar-refractivity contribution in [3.63, 3.8) is 0 Å². The van der Waals surface area contributed by atoms with Crippen LogP contribution in [0.3, 0.4) is 0 Å². The van der Waals surface area contributed by atoms with Crippen molar-refractivity contribution in [1.82, 2.24) is 0 Å². The van der Waals surface area contributed by atoms with Gasteiger partial charge in [0.15, 0.2) is 0 Å². The summed E-state index contributed by atoms with van der Waals surface area (Å²) in [7, 11) is 0. The van der Waals surface area contributed by atoms with Crippen LogP contribution in [0.5, 0.6) is 0 Å². The smallest absolute Gasteiger partial charge is 0.0735 e. The lowest BCUT2D eigenvalue weighted by molar-refractivity contribution is -0.104. The van der Waals surface area contributed by atoms with Crippen LogP contribution in [0.15, 0.2) is 24.3 Å². The zero-order valence-corrected chi connectivity index (χ0v) is 12.6. The molecule has 2 rings (SSSR count). The second kappa shape index (κ2) is 5.29. The first-order valence-electron chi connectivity index (χ1n) is 6.07. The summed E-state index contributed by atoms with van der Waals surface area (Å²) in [6, 6.07) is 7.88. The van der Waals surface area contributed by atoms with Gasteiger partial charge in [0.25, 0.3) is 0 Å². The third-order valence-electron chi connectivity index (χ3n) is 4.03. The van der Waals surface area contributed by atoms with Gasteiger partial charge in [-0.25, -0.2) is 0 Å². The Balaban J connectivity index is 1.94. The largest absolute Gasteiger partial charge is 0.373 e. The molecule has 3 heteroatoms. The molecule has 17 heavy (non-hydrogen) atoms. The molecule has 3 unspecified atom stereocenters.